The number of fused-ring (bicyclic) bond motifs is 1. The van der Waals surface area contributed by atoms with Crippen molar-refractivity contribution in [3.05, 3.63) is 57.9 Å². The molecule has 1 aromatic carbocycles. The first-order valence-electron chi connectivity index (χ1n) is 11.9. The van der Waals surface area contributed by atoms with Gasteiger partial charge in [0.25, 0.3) is 13.1 Å². The molecular formula is C24H31N6O7P. The second-order valence-electron chi connectivity index (χ2n) is 8.21. The van der Waals surface area contributed by atoms with Gasteiger partial charge in [-0.3, -0.25) is 23.7 Å². The fourth-order valence-electron chi connectivity index (χ4n) is 3.53. The highest BCUT2D eigenvalue weighted by atomic mass is 31.2. The maximum atomic E-state index is 13.8. The summed E-state index contributed by atoms with van der Waals surface area (Å²) in [5, 5.41) is 2.66. The molecule has 0 aliphatic heterocycles. The van der Waals surface area contributed by atoms with Crippen LogP contribution in [0.5, 0.6) is 0 Å². The third-order valence-electron chi connectivity index (χ3n) is 5.29. The van der Waals surface area contributed by atoms with Gasteiger partial charge in [0.2, 0.25) is 5.95 Å². The topological polar surface area (TPSA) is 181 Å². The maximum absolute atomic E-state index is 13.8. The molecule has 0 fully saturated rings. The number of aromatic nitrogens is 4. The Bertz CT molecular complexity index is 1400. The lowest BCUT2D eigenvalue weighted by Crippen LogP contribution is -2.35. The van der Waals surface area contributed by atoms with Crippen molar-refractivity contribution in [2.45, 2.75) is 46.4 Å². The Morgan fingerprint density at radius 2 is 1.87 bits per heavy atom. The van der Waals surface area contributed by atoms with Gasteiger partial charge >= 0.3 is 11.9 Å². The molecule has 2 aromatic heterocycles. The van der Waals surface area contributed by atoms with Crippen molar-refractivity contribution in [1.82, 2.24) is 24.6 Å². The minimum Gasteiger partial charge on any atom is -0.465 e. The first-order chi connectivity index (χ1) is 18.1. The van der Waals surface area contributed by atoms with Crippen LogP contribution in [0.25, 0.3) is 17.2 Å². The number of benzene rings is 1. The van der Waals surface area contributed by atoms with Gasteiger partial charge in [0.15, 0.2) is 17.3 Å². The van der Waals surface area contributed by atoms with Crippen molar-refractivity contribution in [2.75, 3.05) is 18.9 Å². The molecule has 0 spiro atoms. The van der Waals surface area contributed by atoms with Crippen molar-refractivity contribution in [2.24, 2.45) is 0 Å². The summed E-state index contributed by atoms with van der Waals surface area (Å²) >= 11 is 0. The molecule has 204 valence electrons. The number of aromatic amines is 1. The zero-order valence-corrected chi connectivity index (χ0v) is 22.4. The van der Waals surface area contributed by atoms with Crippen molar-refractivity contribution in [3.63, 3.8) is 0 Å². The Labute approximate surface area is 218 Å². The second kappa shape index (κ2) is 12.6. The third-order valence-corrected chi connectivity index (χ3v) is 7.20. The minimum absolute atomic E-state index is 0.0342. The molecule has 1 unspecified atom stereocenters. The lowest BCUT2D eigenvalue weighted by Gasteiger charge is -2.23. The number of nitrogen functional groups attached to an aromatic ring is 1. The van der Waals surface area contributed by atoms with Crippen LogP contribution in [0.4, 0.5) is 5.95 Å². The van der Waals surface area contributed by atoms with E-state index in [1.807, 2.05) is 12.1 Å². The summed E-state index contributed by atoms with van der Waals surface area (Å²) in [4.78, 5) is 47.1. The number of hydrogen-bond donors (Lipinski definition) is 3. The van der Waals surface area contributed by atoms with Crippen molar-refractivity contribution < 1.29 is 28.2 Å². The van der Waals surface area contributed by atoms with Crippen molar-refractivity contribution in [3.8, 4) is 0 Å². The molecule has 0 amide bonds. The highest BCUT2D eigenvalue weighted by Crippen LogP contribution is 2.47. The average molecular weight is 547 g/mol. The normalized spacial score (nSPS) is 14.7. The van der Waals surface area contributed by atoms with E-state index in [9.17, 15) is 18.9 Å². The predicted molar refractivity (Wildman–Crippen MR) is 141 cm³/mol. The molecule has 13 nitrogen and oxygen atoms in total. The number of carbonyl (C=O) groups is 2. The summed E-state index contributed by atoms with van der Waals surface area (Å²) in [5.74, 6) is -0.0684. The Morgan fingerprint density at radius 1 is 1.18 bits per heavy atom. The zero-order chi connectivity index (χ0) is 27.9. The van der Waals surface area contributed by atoms with Gasteiger partial charge in [-0.2, -0.15) is 4.98 Å². The number of ether oxygens (including phenoxy) is 2. The van der Waals surface area contributed by atoms with Gasteiger partial charge in [-0.25, -0.2) is 14.9 Å². The average Bonchev–Trinajstić information content (AvgIpc) is 3.26. The van der Waals surface area contributed by atoms with E-state index in [1.54, 1.807) is 36.6 Å². The fourth-order valence-corrected chi connectivity index (χ4v) is 5.30. The molecule has 0 bridgehead atoms. The smallest absolute Gasteiger partial charge is 0.335 e. The molecule has 3 rings (SSSR count). The van der Waals surface area contributed by atoms with Crippen LogP contribution in [0.3, 0.4) is 0 Å². The number of nitrogens with one attached hydrogen (secondary N) is 2. The molecule has 0 saturated heterocycles. The summed E-state index contributed by atoms with van der Waals surface area (Å²) in [6.07, 6.45) is 1.87. The molecule has 3 aromatic rings. The lowest BCUT2D eigenvalue weighted by molar-refractivity contribution is -0.150. The molecule has 0 radical (unpaired) electrons. The van der Waals surface area contributed by atoms with E-state index in [1.165, 1.54) is 26.0 Å². The number of rotatable bonds is 12. The number of imidazole rings is 1. The summed E-state index contributed by atoms with van der Waals surface area (Å²) in [5.41, 5.74) is 7.13. The Hall–Kier alpha value is -3.80. The van der Waals surface area contributed by atoms with E-state index in [0.717, 1.165) is 5.56 Å². The molecular weight excluding hydrogens is 515 g/mol. The van der Waals surface area contributed by atoms with Gasteiger partial charge in [0, 0.05) is 5.82 Å². The predicted octanol–water partition coefficient (Wildman–Crippen LogP) is 2.42. The zero-order valence-electron chi connectivity index (χ0n) is 21.5. The first-order valence-corrected chi connectivity index (χ1v) is 13.6. The molecule has 2 heterocycles. The molecule has 38 heavy (non-hydrogen) atoms. The number of hydrogen-bond acceptors (Lipinski definition) is 10. The summed E-state index contributed by atoms with van der Waals surface area (Å²) in [6.45, 7) is 6.73. The van der Waals surface area contributed by atoms with Crippen LogP contribution in [0, 0.1) is 0 Å². The SMILES string of the molecule is CCOC(=O)[C@H](C)OP(=O)(C=Cc1ccccc1Cn1cnc2c(=O)[nH]c(N)nc21)N[C@H](C)C(=O)OCC. The largest absolute Gasteiger partial charge is 0.465 e. The molecule has 4 N–H and O–H groups in total. The van der Waals surface area contributed by atoms with E-state index < -0.39 is 37.2 Å². The minimum atomic E-state index is -3.92. The molecule has 0 aliphatic rings. The summed E-state index contributed by atoms with van der Waals surface area (Å²) in [6, 6.07) is 6.25. The Kier molecular flexibility index (Phi) is 9.56. The second-order valence-corrected chi connectivity index (χ2v) is 10.2. The maximum Gasteiger partial charge on any atom is 0.335 e. The van der Waals surface area contributed by atoms with Crippen LogP contribution < -0.4 is 16.4 Å². The van der Waals surface area contributed by atoms with Gasteiger partial charge in [0.1, 0.15) is 6.04 Å². The monoisotopic (exact) mass is 546 g/mol. The Morgan fingerprint density at radius 3 is 2.58 bits per heavy atom. The lowest BCUT2D eigenvalue weighted by atomic mass is 10.1. The van der Waals surface area contributed by atoms with Gasteiger partial charge in [0.05, 0.1) is 26.1 Å². The molecule has 0 aliphatic carbocycles. The van der Waals surface area contributed by atoms with Gasteiger partial charge in [-0.05, 0) is 44.9 Å². The van der Waals surface area contributed by atoms with Gasteiger partial charge in [-0.1, -0.05) is 24.3 Å². The van der Waals surface area contributed by atoms with E-state index in [4.69, 9.17) is 19.7 Å². The highest BCUT2D eigenvalue weighted by molar-refractivity contribution is 7.60. The van der Waals surface area contributed by atoms with Crippen LogP contribution in [-0.4, -0.2) is 56.8 Å². The number of nitrogens with zero attached hydrogens (tertiary/aromatic N) is 3. The van der Waals surface area contributed by atoms with Crippen LogP contribution in [0.15, 0.2) is 41.2 Å². The Balaban J connectivity index is 1.93. The van der Waals surface area contributed by atoms with Crippen molar-refractivity contribution >= 4 is 42.6 Å². The molecule has 14 heteroatoms. The fraction of sp³-hybridized carbons (Fsp3) is 0.375. The van der Waals surface area contributed by atoms with E-state index >= 15 is 0 Å². The van der Waals surface area contributed by atoms with Crippen LogP contribution >= 0.6 is 7.52 Å². The quantitative estimate of drug-likeness (QED) is 0.224. The van der Waals surface area contributed by atoms with Crippen LogP contribution in [0.1, 0.15) is 38.8 Å². The standard InChI is InChI=1S/C24H31N6O7P/c1-5-35-22(32)15(3)29-38(34,37-16(4)23(33)36-6-2)12-11-17-9-7-8-10-18(17)13-30-14-26-19-20(30)27-24(25)28-21(19)31/h7-12,14-16H,5-6,13H2,1-4H3,(H,29,34)(H3,25,27,28,31)/t15-,16+,38?/m1/s1. The van der Waals surface area contributed by atoms with E-state index in [2.05, 4.69) is 20.0 Å². The third kappa shape index (κ3) is 7.15. The first kappa shape index (κ1) is 28.8. The van der Waals surface area contributed by atoms with Crippen molar-refractivity contribution in [1.29, 1.82) is 0 Å². The number of nitrogens with two attached hydrogens (primary N) is 1. The summed E-state index contributed by atoms with van der Waals surface area (Å²) < 4.78 is 31.0. The molecule has 0 saturated carbocycles. The number of esters is 2. The van der Waals surface area contributed by atoms with E-state index in [-0.39, 0.29) is 31.2 Å². The van der Waals surface area contributed by atoms with Gasteiger partial charge in [-0.15, -0.1) is 0 Å². The van der Waals surface area contributed by atoms with E-state index in [0.29, 0.717) is 11.2 Å². The number of anilines is 1. The van der Waals surface area contributed by atoms with Crippen LogP contribution in [-0.2, 0) is 34.7 Å². The number of H-pyrrole nitrogens is 1. The highest BCUT2D eigenvalue weighted by Gasteiger charge is 2.31. The van der Waals surface area contributed by atoms with Gasteiger partial charge < -0.3 is 19.8 Å². The number of carbonyl (C=O) groups excluding carboxylic acids is 2. The summed E-state index contributed by atoms with van der Waals surface area (Å²) in [7, 11) is -3.92. The molecule has 3 atom stereocenters. The van der Waals surface area contributed by atoms with Crippen LogP contribution in [0.2, 0.25) is 0 Å².